The van der Waals surface area contributed by atoms with Crippen molar-refractivity contribution < 1.29 is 24.0 Å². The van der Waals surface area contributed by atoms with Crippen LogP contribution in [0.3, 0.4) is 0 Å². The first-order valence-electron chi connectivity index (χ1n) is 6.28. The van der Waals surface area contributed by atoms with Gasteiger partial charge in [-0.25, -0.2) is 4.39 Å². The first kappa shape index (κ1) is 16.5. The largest absolute Gasteiger partial charge is 0.481 e. The fraction of sp³-hybridized carbons (Fsp3) is 0.385. The molecule has 114 valence electrons. The zero-order valence-electron chi connectivity index (χ0n) is 11.3. The Labute approximate surface area is 119 Å². The van der Waals surface area contributed by atoms with Crippen molar-refractivity contribution in [1.82, 2.24) is 5.32 Å². The second-order valence-corrected chi connectivity index (χ2v) is 4.56. The van der Waals surface area contributed by atoms with Gasteiger partial charge in [0.15, 0.2) is 0 Å². The average molecular weight is 298 g/mol. The van der Waals surface area contributed by atoms with E-state index in [0.717, 1.165) is 18.2 Å². The van der Waals surface area contributed by atoms with Crippen molar-refractivity contribution in [3.8, 4) is 0 Å². The van der Waals surface area contributed by atoms with E-state index in [1.165, 1.54) is 0 Å². The maximum Gasteiger partial charge on any atom is 0.306 e. The molecule has 8 heteroatoms. The van der Waals surface area contributed by atoms with Gasteiger partial charge in [0, 0.05) is 12.6 Å². The van der Waals surface area contributed by atoms with Crippen molar-refractivity contribution in [3.63, 3.8) is 0 Å². The highest BCUT2D eigenvalue weighted by atomic mass is 19.1. The Bertz CT molecular complexity index is 561. The number of benzene rings is 1. The van der Waals surface area contributed by atoms with Crippen LogP contribution in [-0.2, 0) is 4.79 Å². The molecule has 0 aromatic heterocycles. The molecular formula is C13H15FN2O5. The molecule has 0 saturated heterocycles. The van der Waals surface area contributed by atoms with Crippen LogP contribution in [0.1, 0.15) is 30.1 Å². The zero-order valence-corrected chi connectivity index (χ0v) is 11.3. The summed E-state index contributed by atoms with van der Waals surface area (Å²) in [7, 11) is 0. The molecule has 0 bridgehead atoms. The Balaban J connectivity index is 2.62. The summed E-state index contributed by atoms with van der Waals surface area (Å²) in [6, 6.07) is 2.63. The van der Waals surface area contributed by atoms with Crippen LogP contribution in [0.25, 0.3) is 0 Å². The number of nitro groups is 1. The van der Waals surface area contributed by atoms with Crippen LogP contribution in [0.2, 0.25) is 0 Å². The molecule has 0 heterocycles. The predicted octanol–water partition coefficient (Wildman–Crippen LogP) is 1.96. The number of nitrogens with zero attached hydrogens (tertiary/aromatic N) is 1. The topological polar surface area (TPSA) is 110 Å². The van der Waals surface area contributed by atoms with Crippen molar-refractivity contribution in [2.24, 2.45) is 5.92 Å². The summed E-state index contributed by atoms with van der Waals surface area (Å²) in [6.07, 6.45) is 0.767. The van der Waals surface area contributed by atoms with Gasteiger partial charge in [0.1, 0.15) is 11.4 Å². The standard InChI is InChI=1S/C13H15FN2O5/c1-8(13(18)19)3-2-6-15-12(17)10-7-9(14)4-5-11(10)16(20)21/h4-5,7-8H,2-3,6H2,1H3,(H,15,17)(H,18,19). The van der Waals surface area contributed by atoms with Crippen LogP contribution in [0.4, 0.5) is 10.1 Å². The second kappa shape index (κ2) is 7.32. The quantitative estimate of drug-likeness (QED) is 0.454. The number of carbonyl (C=O) groups is 2. The van der Waals surface area contributed by atoms with Gasteiger partial charge in [-0.15, -0.1) is 0 Å². The molecule has 2 N–H and O–H groups in total. The minimum absolute atomic E-state index is 0.157. The van der Waals surface area contributed by atoms with Gasteiger partial charge in [-0.3, -0.25) is 19.7 Å². The number of carboxylic acid groups (broad SMARTS) is 1. The van der Waals surface area contributed by atoms with E-state index in [0.29, 0.717) is 12.8 Å². The summed E-state index contributed by atoms with van der Waals surface area (Å²) in [5, 5.41) is 21.9. The van der Waals surface area contributed by atoms with Gasteiger partial charge in [0.25, 0.3) is 11.6 Å². The first-order chi connectivity index (χ1) is 9.82. The highest BCUT2D eigenvalue weighted by Gasteiger charge is 2.20. The third-order valence-electron chi connectivity index (χ3n) is 2.92. The lowest BCUT2D eigenvalue weighted by Gasteiger charge is -2.08. The van der Waals surface area contributed by atoms with Gasteiger partial charge in [-0.2, -0.15) is 0 Å². The Morgan fingerprint density at radius 3 is 2.71 bits per heavy atom. The van der Waals surface area contributed by atoms with Gasteiger partial charge >= 0.3 is 5.97 Å². The molecule has 21 heavy (non-hydrogen) atoms. The van der Waals surface area contributed by atoms with Crippen molar-refractivity contribution in [2.45, 2.75) is 19.8 Å². The fourth-order valence-electron chi connectivity index (χ4n) is 1.68. The van der Waals surface area contributed by atoms with E-state index in [1.807, 2.05) is 0 Å². The van der Waals surface area contributed by atoms with Gasteiger partial charge in [0.05, 0.1) is 10.8 Å². The summed E-state index contributed by atoms with van der Waals surface area (Å²) in [6.45, 7) is 1.70. The van der Waals surface area contributed by atoms with E-state index in [1.54, 1.807) is 6.92 Å². The van der Waals surface area contributed by atoms with E-state index in [2.05, 4.69) is 5.32 Å². The molecule has 1 aromatic carbocycles. The van der Waals surface area contributed by atoms with Gasteiger partial charge in [0.2, 0.25) is 0 Å². The molecule has 0 fully saturated rings. The molecule has 1 unspecified atom stereocenters. The van der Waals surface area contributed by atoms with Gasteiger partial charge in [-0.05, 0) is 25.0 Å². The van der Waals surface area contributed by atoms with E-state index in [-0.39, 0.29) is 12.1 Å². The highest BCUT2D eigenvalue weighted by molar-refractivity contribution is 5.98. The van der Waals surface area contributed by atoms with Gasteiger partial charge < -0.3 is 10.4 Å². The summed E-state index contributed by atoms with van der Waals surface area (Å²) in [5.74, 6) is -2.97. The molecule has 7 nitrogen and oxygen atoms in total. The monoisotopic (exact) mass is 298 g/mol. The van der Waals surface area contributed by atoms with Gasteiger partial charge in [-0.1, -0.05) is 6.92 Å². The Hall–Kier alpha value is -2.51. The van der Waals surface area contributed by atoms with E-state index < -0.39 is 34.2 Å². The number of aliphatic carboxylic acids is 1. The lowest BCUT2D eigenvalue weighted by molar-refractivity contribution is -0.385. The number of carboxylic acids is 1. The highest BCUT2D eigenvalue weighted by Crippen LogP contribution is 2.19. The molecule has 1 atom stereocenters. The van der Waals surface area contributed by atoms with E-state index in [9.17, 15) is 24.1 Å². The Morgan fingerprint density at radius 2 is 2.14 bits per heavy atom. The predicted molar refractivity (Wildman–Crippen MR) is 71.4 cm³/mol. The van der Waals surface area contributed by atoms with Crippen molar-refractivity contribution in [2.75, 3.05) is 6.54 Å². The Kier molecular flexibility index (Phi) is 5.77. The second-order valence-electron chi connectivity index (χ2n) is 4.56. The molecule has 0 radical (unpaired) electrons. The lowest BCUT2D eigenvalue weighted by atomic mass is 10.1. The number of nitrogens with one attached hydrogen (secondary N) is 1. The smallest absolute Gasteiger partial charge is 0.306 e. The number of halogens is 1. The van der Waals surface area contributed by atoms with Crippen LogP contribution >= 0.6 is 0 Å². The molecule has 0 aliphatic rings. The number of hydrogen-bond donors (Lipinski definition) is 2. The molecule has 0 aliphatic heterocycles. The number of rotatable bonds is 7. The number of hydrogen-bond acceptors (Lipinski definition) is 4. The Morgan fingerprint density at radius 1 is 1.48 bits per heavy atom. The maximum absolute atomic E-state index is 13.1. The molecule has 0 aliphatic carbocycles. The van der Waals surface area contributed by atoms with Crippen LogP contribution in [0, 0.1) is 21.8 Å². The molecule has 0 spiro atoms. The maximum atomic E-state index is 13.1. The molecule has 0 saturated carbocycles. The number of amides is 1. The molecule has 1 aromatic rings. The summed E-state index contributed by atoms with van der Waals surface area (Å²) < 4.78 is 13.1. The van der Waals surface area contributed by atoms with Crippen molar-refractivity contribution >= 4 is 17.6 Å². The van der Waals surface area contributed by atoms with Crippen LogP contribution in [0.5, 0.6) is 0 Å². The normalized spacial score (nSPS) is 11.7. The third kappa shape index (κ3) is 4.83. The fourth-order valence-corrected chi connectivity index (χ4v) is 1.68. The summed E-state index contributed by atoms with van der Waals surface area (Å²) in [5.41, 5.74) is -0.834. The molecular weight excluding hydrogens is 283 g/mol. The minimum atomic E-state index is -0.929. The van der Waals surface area contributed by atoms with E-state index >= 15 is 0 Å². The summed E-state index contributed by atoms with van der Waals surface area (Å²) >= 11 is 0. The van der Waals surface area contributed by atoms with Crippen LogP contribution in [-0.4, -0.2) is 28.5 Å². The van der Waals surface area contributed by atoms with E-state index in [4.69, 9.17) is 5.11 Å². The van der Waals surface area contributed by atoms with Crippen LogP contribution in [0.15, 0.2) is 18.2 Å². The van der Waals surface area contributed by atoms with Crippen LogP contribution < -0.4 is 5.32 Å². The summed E-state index contributed by atoms with van der Waals surface area (Å²) in [4.78, 5) is 32.4. The first-order valence-corrected chi connectivity index (χ1v) is 6.28. The van der Waals surface area contributed by atoms with Crippen molar-refractivity contribution in [1.29, 1.82) is 0 Å². The minimum Gasteiger partial charge on any atom is -0.481 e. The number of carbonyl (C=O) groups excluding carboxylic acids is 1. The lowest BCUT2D eigenvalue weighted by Crippen LogP contribution is -2.26. The zero-order chi connectivity index (χ0) is 16.0. The number of nitro benzene ring substituents is 1. The average Bonchev–Trinajstić information content (AvgIpc) is 2.42. The van der Waals surface area contributed by atoms with Crippen molar-refractivity contribution in [3.05, 3.63) is 39.7 Å². The SMILES string of the molecule is CC(CCCNC(=O)c1cc(F)ccc1[N+](=O)[O-])C(=O)O. The third-order valence-corrected chi connectivity index (χ3v) is 2.92. The molecule has 1 amide bonds. The molecule has 1 rings (SSSR count).